The first kappa shape index (κ1) is 26.5. The molecule has 0 bridgehead atoms. The maximum absolute atomic E-state index is 12.7. The van der Waals surface area contributed by atoms with Gasteiger partial charge in [0, 0.05) is 44.7 Å². The first-order valence-corrected chi connectivity index (χ1v) is 10.6. The molecule has 3 N–H and O–H groups in total. The number of halogens is 4. The average Bonchev–Trinajstić information content (AvgIpc) is 3.47. The Morgan fingerprint density at radius 3 is 2.53 bits per heavy atom. The molecular formula is C21H31F3IN5O2. The Kier molecular flexibility index (Phi) is 9.86. The van der Waals surface area contributed by atoms with Crippen molar-refractivity contribution < 1.29 is 22.7 Å². The van der Waals surface area contributed by atoms with Crippen molar-refractivity contribution in [2.45, 2.75) is 50.6 Å². The lowest BCUT2D eigenvalue weighted by atomic mass is 10.1. The van der Waals surface area contributed by atoms with E-state index in [0.717, 1.165) is 25.9 Å². The van der Waals surface area contributed by atoms with Gasteiger partial charge in [-0.05, 0) is 37.8 Å². The van der Waals surface area contributed by atoms with Crippen molar-refractivity contribution in [3.05, 3.63) is 29.8 Å². The summed E-state index contributed by atoms with van der Waals surface area (Å²) in [6.07, 6.45) is -2.22. The summed E-state index contributed by atoms with van der Waals surface area (Å²) < 4.78 is 42.3. The van der Waals surface area contributed by atoms with E-state index in [0.29, 0.717) is 31.0 Å². The van der Waals surface area contributed by atoms with Crippen LogP contribution in [0.3, 0.4) is 0 Å². The van der Waals surface area contributed by atoms with E-state index in [9.17, 15) is 18.0 Å². The zero-order valence-corrected chi connectivity index (χ0v) is 20.6. The molecule has 1 aromatic rings. The fraction of sp³-hybridized carbons (Fsp3) is 0.619. The van der Waals surface area contributed by atoms with Crippen LogP contribution >= 0.6 is 24.0 Å². The summed E-state index contributed by atoms with van der Waals surface area (Å²) in [5.41, 5.74) is 0.552. The third-order valence-corrected chi connectivity index (χ3v) is 5.55. The van der Waals surface area contributed by atoms with Crippen molar-refractivity contribution in [1.82, 2.24) is 20.9 Å². The van der Waals surface area contributed by atoms with Gasteiger partial charge in [0.05, 0.1) is 6.54 Å². The predicted octanol–water partition coefficient (Wildman–Crippen LogP) is 2.82. The quantitative estimate of drug-likeness (QED) is 0.268. The van der Waals surface area contributed by atoms with Crippen molar-refractivity contribution in [3.8, 4) is 5.75 Å². The maximum atomic E-state index is 12.7. The number of nitrogens with one attached hydrogen (secondary N) is 3. The number of piperidine rings is 1. The third-order valence-electron chi connectivity index (χ3n) is 5.55. The number of ether oxygens (including phenoxy) is 1. The first-order valence-electron chi connectivity index (χ1n) is 10.6. The van der Waals surface area contributed by atoms with Gasteiger partial charge in [0.2, 0.25) is 5.91 Å². The highest BCUT2D eigenvalue weighted by Crippen LogP contribution is 2.45. The normalized spacial score (nSPS) is 22.0. The SMILES string of the molecule is CCN=C(NC1CCN(CC(=O)NC)CC1)NC1CC1c1ccccc1OC(F)(F)F.I. The molecule has 11 heteroatoms. The molecule has 3 rings (SSSR count). The number of benzene rings is 1. The fourth-order valence-corrected chi connectivity index (χ4v) is 3.88. The van der Waals surface area contributed by atoms with Gasteiger partial charge in [-0.3, -0.25) is 14.7 Å². The van der Waals surface area contributed by atoms with Gasteiger partial charge in [0.1, 0.15) is 5.75 Å². The highest BCUT2D eigenvalue weighted by molar-refractivity contribution is 14.0. The minimum Gasteiger partial charge on any atom is -0.405 e. The molecule has 7 nitrogen and oxygen atoms in total. The molecular weight excluding hydrogens is 538 g/mol. The molecule has 1 heterocycles. The van der Waals surface area contributed by atoms with Crippen LogP contribution in [0.2, 0.25) is 0 Å². The number of hydrogen-bond donors (Lipinski definition) is 3. The van der Waals surface area contributed by atoms with Crippen LogP contribution in [0.25, 0.3) is 0 Å². The van der Waals surface area contributed by atoms with Crippen LogP contribution in [0.4, 0.5) is 13.2 Å². The van der Waals surface area contributed by atoms with Gasteiger partial charge in [-0.25, -0.2) is 0 Å². The van der Waals surface area contributed by atoms with E-state index < -0.39 is 6.36 Å². The molecule has 2 unspecified atom stereocenters. The molecule has 0 spiro atoms. The number of amides is 1. The summed E-state index contributed by atoms with van der Waals surface area (Å²) >= 11 is 0. The van der Waals surface area contributed by atoms with Gasteiger partial charge in [-0.2, -0.15) is 0 Å². The van der Waals surface area contributed by atoms with E-state index in [1.165, 1.54) is 12.1 Å². The van der Waals surface area contributed by atoms with Gasteiger partial charge in [-0.15, -0.1) is 37.1 Å². The number of hydrogen-bond acceptors (Lipinski definition) is 4. The van der Waals surface area contributed by atoms with Crippen molar-refractivity contribution in [3.63, 3.8) is 0 Å². The molecule has 1 amide bonds. The number of guanidine groups is 1. The highest BCUT2D eigenvalue weighted by atomic mass is 127. The molecule has 0 aromatic heterocycles. The van der Waals surface area contributed by atoms with Crippen molar-refractivity contribution in [1.29, 1.82) is 0 Å². The first-order chi connectivity index (χ1) is 14.8. The lowest BCUT2D eigenvalue weighted by Gasteiger charge is -2.32. The minimum absolute atomic E-state index is 0. The zero-order valence-electron chi connectivity index (χ0n) is 18.2. The Morgan fingerprint density at radius 1 is 1.22 bits per heavy atom. The molecule has 1 aliphatic heterocycles. The van der Waals surface area contributed by atoms with Crippen LogP contribution in [0, 0.1) is 0 Å². The second-order valence-electron chi connectivity index (χ2n) is 7.87. The molecule has 2 fully saturated rings. The monoisotopic (exact) mass is 569 g/mol. The molecule has 32 heavy (non-hydrogen) atoms. The Bertz CT molecular complexity index is 785. The van der Waals surface area contributed by atoms with E-state index in [1.54, 1.807) is 19.2 Å². The summed E-state index contributed by atoms with van der Waals surface area (Å²) in [6.45, 7) is 4.57. The number of nitrogens with zero attached hydrogens (tertiary/aromatic N) is 2. The summed E-state index contributed by atoms with van der Waals surface area (Å²) in [5.74, 6) is 0.483. The van der Waals surface area contributed by atoms with Crippen molar-refractivity contribution >= 4 is 35.8 Å². The lowest BCUT2D eigenvalue weighted by molar-refractivity contribution is -0.274. The zero-order chi connectivity index (χ0) is 22.4. The van der Waals surface area contributed by atoms with Gasteiger partial charge in [0.25, 0.3) is 0 Å². The van der Waals surface area contributed by atoms with Crippen LogP contribution in [0.1, 0.15) is 37.7 Å². The lowest BCUT2D eigenvalue weighted by Crippen LogP contribution is -2.50. The predicted molar refractivity (Wildman–Crippen MR) is 127 cm³/mol. The average molecular weight is 569 g/mol. The summed E-state index contributed by atoms with van der Waals surface area (Å²) in [4.78, 5) is 18.1. The molecule has 180 valence electrons. The summed E-state index contributed by atoms with van der Waals surface area (Å²) in [6, 6.07) is 6.53. The van der Waals surface area contributed by atoms with Crippen molar-refractivity contribution in [2.24, 2.45) is 4.99 Å². The Morgan fingerprint density at radius 2 is 1.91 bits per heavy atom. The number of aliphatic imine (C=N–C) groups is 1. The van der Waals surface area contributed by atoms with E-state index in [4.69, 9.17) is 0 Å². The van der Waals surface area contributed by atoms with Crippen LogP contribution in [-0.4, -0.2) is 68.4 Å². The number of carbonyl (C=O) groups is 1. The molecule has 0 radical (unpaired) electrons. The van der Waals surface area contributed by atoms with E-state index >= 15 is 0 Å². The Balaban J connectivity index is 0.00000363. The summed E-state index contributed by atoms with van der Waals surface area (Å²) in [7, 11) is 1.63. The van der Waals surface area contributed by atoms with E-state index in [1.807, 2.05) is 6.92 Å². The highest BCUT2D eigenvalue weighted by Gasteiger charge is 2.42. The van der Waals surface area contributed by atoms with Crippen LogP contribution in [0.5, 0.6) is 5.75 Å². The molecule has 1 saturated carbocycles. The molecule has 2 aliphatic rings. The molecule has 1 aliphatic carbocycles. The third kappa shape index (κ3) is 7.98. The van der Waals surface area contributed by atoms with Crippen LogP contribution < -0.4 is 20.7 Å². The van der Waals surface area contributed by atoms with Gasteiger partial charge in [0.15, 0.2) is 5.96 Å². The largest absolute Gasteiger partial charge is 0.573 e. The second-order valence-corrected chi connectivity index (χ2v) is 7.87. The number of likely N-dealkylation sites (N-methyl/N-ethyl adjacent to an activating group) is 1. The topological polar surface area (TPSA) is 78.0 Å². The van der Waals surface area contributed by atoms with Crippen LogP contribution in [-0.2, 0) is 4.79 Å². The number of likely N-dealkylation sites (tertiary alicyclic amines) is 1. The maximum Gasteiger partial charge on any atom is 0.573 e. The number of carbonyl (C=O) groups excluding carboxylic acids is 1. The fourth-order valence-electron chi connectivity index (χ4n) is 3.88. The number of rotatable bonds is 7. The number of alkyl halides is 3. The molecule has 2 atom stereocenters. The Labute approximate surface area is 203 Å². The van der Waals surface area contributed by atoms with Gasteiger partial charge >= 0.3 is 6.36 Å². The van der Waals surface area contributed by atoms with Gasteiger partial charge in [-0.1, -0.05) is 18.2 Å². The Hall–Kier alpha value is -1.76. The smallest absolute Gasteiger partial charge is 0.405 e. The van der Waals surface area contributed by atoms with Gasteiger partial charge < -0.3 is 20.7 Å². The molecule has 1 saturated heterocycles. The van der Waals surface area contributed by atoms with Crippen LogP contribution in [0.15, 0.2) is 29.3 Å². The summed E-state index contributed by atoms with van der Waals surface area (Å²) in [5, 5.41) is 9.43. The molecule has 1 aromatic carbocycles. The van der Waals surface area contributed by atoms with Crippen molar-refractivity contribution in [2.75, 3.05) is 33.2 Å². The standard InChI is InChI=1S/C21H30F3N5O2.HI/c1-3-26-20(27-14-8-10-29(11-9-14)13-19(30)25-2)28-17-12-16(17)15-6-4-5-7-18(15)31-21(22,23)24;/h4-7,14,16-17H,3,8-13H2,1-2H3,(H,25,30)(H2,26,27,28);1H. The van der Waals surface area contributed by atoms with E-state index in [2.05, 4.69) is 30.6 Å². The van der Waals surface area contributed by atoms with E-state index in [-0.39, 0.29) is 53.6 Å². The number of para-hydroxylation sites is 1. The second kappa shape index (κ2) is 11.9. The minimum atomic E-state index is -4.71.